The average Bonchev–Trinajstić information content (AvgIpc) is 3.10. The lowest BCUT2D eigenvalue weighted by Crippen LogP contribution is -2.46. The van der Waals surface area contributed by atoms with Crippen LogP contribution in [0.15, 0.2) is 53.6 Å². The number of fused-ring (bicyclic) bond motifs is 1. The van der Waals surface area contributed by atoms with Crippen molar-refractivity contribution < 1.29 is 4.39 Å². The number of halogens is 1. The van der Waals surface area contributed by atoms with Gasteiger partial charge in [0.1, 0.15) is 5.82 Å². The van der Waals surface area contributed by atoms with Gasteiger partial charge in [0.25, 0.3) is 0 Å². The lowest BCUT2D eigenvalue weighted by atomic mass is 10.1. The van der Waals surface area contributed by atoms with E-state index in [0.717, 1.165) is 56.5 Å². The van der Waals surface area contributed by atoms with E-state index in [2.05, 4.69) is 45.3 Å². The largest absolute Gasteiger partial charge is 0.368 e. The zero-order valence-corrected chi connectivity index (χ0v) is 16.6. The molecule has 4 rings (SSSR count). The van der Waals surface area contributed by atoms with Gasteiger partial charge in [-0.2, -0.15) is 0 Å². The summed E-state index contributed by atoms with van der Waals surface area (Å²) in [5, 5.41) is 1.02. The first kappa shape index (κ1) is 18.4. The second-order valence-corrected chi connectivity index (χ2v) is 7.96. The van der Waals surface area contributed by atoms with Crippen LogP contribution < -0.4 is 4.90 Å². The van der Waals surface area contributed by atoms with Gasteiger partial charge in [0.2, 0.25) is 0 Å². The van der Waals surface area contributed by atoms with Crippen molar-refractivity contribution in [1.82, 2.24) is 9.88 Å². The number of nitrogens with zero attached hydrogens (tertiary/aromatic N) is 2. The molecule has 2 heterocycles. The summed E-state index contributed by atoms with van der Waals surface area (Å²) in [7, 11) is 0. The third-order valence-electron chi connectivity index (χ3n) is 5.45. The lowest BCUT2D eigenvalue weighted by molar-refractivity contribution is 0.255. The van der Waals surface area contributed by atoms with Crippen molar-refractivity contribution in [3.05, 3.63) is 60.0 Å². The topological polar surface area (TPSA) is 22.3 Å². The number of aromatic amines is 1. The molecular weight excluding hydrogens is 357 g/mol. The van der Waals surface area contributed by atoms with Crippen molar-refractivity contribution in [2.24, 2.45) is 0 Å². The van der Waals surface area contributed by atoms with Crippen LogP contribution in [0.4, 0.5) is 10.1 Å². The molecule has 142 valence electrons. The standard InChI is InChI=1S/C22H26FN3S/c1-27-22-7-3-2-6-21(22)26-13-11-25(12-14-26)10-4-5-17-16-24-20-9-8-18(23)15-19(17)20/h2-3,6-9,15-16,24H,4-5,10-14H2,1H3. The molecule has 5 heteroatoms. The third kappa shape index (κ3) is 4.14. The Morgan fingerprint density at radius 2 is 1.89 bits per heavy atom. The first-order valence-corrected chi connectivity index (χ1v) is 10.8. The molecule has 0 saturated carbocycles. The SMILES string of the molecule is CSc1ccccc1N1CCN(CCCc2c[nH]c3ccc(F)cc23)CC1. The molecule has 1 saturated heterocycles. The quantitative estimate of drug-likeness (QED) is 0.619. The highest BCUT2D eigenvalue weighted by atomic mass is 32.2. The summed E-state index contributed by atoms with van der Waals surface area (Å²) in [6.45, 7) is 5.46. The molecular formula is C22H26FN3S. The highest BCUT2D eigenvalue weighted by molar-refractivity contribution is 7.98. The number of benzene rings is 2. The summed E-state index contributed by atoms with van der Waals surface area (Å²) in [4.78, 5) is 9.66. The first-order valence-electron chi connectivity index (χ1n) is 9.60. The van der Waals surface area contributed by atoms with E-state index in [9.17, 15) is 4.39 Å². The van der Waals surface area contributed by atoms with Gasteiger partial charge in [-0.25, -0.2) is 4.39 Å². The maximum atomic E-state index is 13.5. The fraction of sp³-hybridized carbons (Fsp3) is 0.364. The van der Waals surface area contributed by atoms with E-state index in [4.69, 9.17) is 0 Å². The number of rotatable bonds is 6. The first-order chi connectivity index (χ1) is 13.2. The number of H-pyrrole nitrogens is 1. The van der Waals surface area contributed by atoms with Gasteiger partial charge in [-0.3, -0.25) is 4.90 Å². The molecule has 0 radical (unpaired) electrons. The van der Waals surface area contributed by atoms with Crippen molar-refractivity contribution in [1.29, 1.82) is 0 Å². The van der Waals surface area contributed by atoms with Crippen LogP contribution in [-0.4, -0.2) is 48.9 Å². The zero-order chi connectivity index (χ0) is 18.6. The Morgan fingerprint density at radius 1 is 1.07 bits per heavy atom. The maximum absolute atomic E-state index is 13.5. The van der Waals surface area contributed by atoms with Crippen molar-refractivity contribution >= 4 is 28.4 Å². The summed E-state index contributed by atoms with van der Waals surface area (Å²) < 4.78 is 13.5. The van der Waals surface area contributed by atoms with Crippen LogP contribution in [0.3, 0.4) is 0 Å². The monoisotopic (exact) mass is 383 g/mol. The number of aromatic nitrogens is 1. The van der Waals surface area contributed by atoms with Gasteiger partial charge >= 0.3 is 0 Å². The summed E-state index contributed by atoms with van der Waals surface area (Å²) in [5.41, 5.74) is 3.61. The highest BCUT2D eigenvalue weighted by Gasteiger charge is 2.18. The van der Waals surface area contributed by atoms with Crippen LogP contribution in [0.1, 0.15) is 12.0 Å². The number of aryl methyl sites for hydroxylation is 1. The van der Waals surface area contributed by atoms with E-state index in [-0.39, 0.29) is 5.82 Å². The van der Waals surface area contributed by atoms with Crippen LogP contribution in [0.5, 0.6) is 0 Å². The van der Waals surface area contributed by atoms with E-state index in [1.54, 1.807) is 6.07 Å². The highest BCUT2D eigenvalue weighted by Crippen LogP contribution is 2.29. The summed E-state index contributed by atoms with van der Waals surface area (Å²) >= 11 is 1.82. The van der Waals surface area contributed by atoms with E-state index >= 15 is 0 Å². The fourth-order valence-corrected chi connectivity index (χ4v) is 4.57. The minimum absolute atomic E-state index is 0.162. The smallest absolute Gasteiger partial charge is 0.123 e. The molecule has 3 aromatic rings. The number of hydrogen-bond donors (Lipinski definition) is 1. The summed E-state index contributed by atoms with van der Waals surface area (Å²) in [6.07, 6.45) is 6.26. The van der Waals surface area contributed by atoms with Crippen LogP contribution in [0.2, 0.25) is 0 Å². The predicted octanol–water partition coefficient (Wildman–Crippen LogP) is 4.78. The Hall–Kier alpha value is -1.98. The molecule has 0 aliphatic carbocycles. The number of para-hydroxylation sites is 1. The van der Waals surface area contributed by atoms with Gasteiger partial charge in [-0.15, -0.1) is 11.8 Å². The maximum Gasteiger partial charge on any atom is 0.123 e. The van der Waals surface area contributed by atoms with E-state index in [0.29, 0.717) is 0 Å². The lowest BCUT2D eigenvalue weighted by Gasteiger charge is -2.36. The number of thioether (sulfide) groups is 1. The average molecular weight is 384 g/mol. The molecule has 1 aliphatic heterocycles. The molecule has 0 bridgehead atoms. The Balaban J connectivity index is 1.29. The van der Waals surface area contributed by atoms with Crippen molar-refractivity contribution in [2.45, 2.75) is 17.7 Å². The van der Waals surface area contributed by atoms with E-state index < -0.39 is 0 Å². The Labute approximate surface area is 164 Å². The van der Waals surface area contributed by atoms with E-state index in [1.165, 1.54) is 22.2 Å². The Kier molecular flexibility index (Phi) is 5.69. The van der Waals surface area contributed by atoms with E-state index in [1.807, 2.05) is 24.0 Å². The second-order valence-electron chi connectivity index (χ2n) is 7.11. The molecule has 2 aromatic carbocycles. The number of piperazine rings is 1. The molecule has 1 N–H and O–H groups in total. The Bertz CT molecular complexity index is 899. The molecule has 0 atom stereocenters. The number of nitrogens with one attached hydrogen (secondary N) is 1. The van der Waals surface area contributed by atoms with Gasteiger partial charge < -0.3 is 9.88 Å². The van der Waals surface area contributed by atoms with Crippen LogP contribution in [0, 0.1) is 5.82 Å². The molecule has 0 amide bonds. The van der Waals surface area contributed by atoms with Crippen molar-refractivity contribution in [3.63, 3.8) is 0 Å². The fourth-order valence-electron chi connectivity index (χ4n) is 3.95. The normalized spacial score (nSPS) is 15.6. The van der Waals surface area contributed by atoms with Crippen LogP contribution >= 0.6 is 11.8 Å². The van der Waals surface area contributed by atoms with Gasteiger partial charge in [0, 0.05) is 48.2 Å². The zero-order valence-electron chi connectivity index (χ0n) is 15.7. The molecule has 3 nitrogen and oxygen atoms in total. The van der Waals surface area contributed by atoms with Gasteiger partial charge in [0.05, 0.1) is 5.69 Å². The molecule has 0 unspecified atom stereocenters. The molecule has 1 aliphatic rings. The number of hydrogen-bond acceptors (Lipinski definition) is 3. The third-order valence-corrected chi connectivity index (χ3v) is 6.23. The minimum Gasteiger partial charge on any atom is -0.368 e. The van der Waals surface area contributed by atoms with Crippen LogP contribution in [-0.2, 0) is 6.42 Å². The summed E-state index contributed by atoms with van der Waals surface area (Å²) in [6, 6.07) is 13.7. The van der Waals surface area contributed by atoms with Crippen LogP contribution in [0.25, 0.3) is 10.9 Å². The van der Waals surface area contributed by atoms with Gasteiger partial charge in [-0.1, -0.05) is 12.1 Å². The number of anilines is 1. The van der Waals surface area contributed by atoms with Crippen molar-refractivity contribution in [3.8, 4) is 0 Å². The molecule has 27 heavy (non-hydrogen) atoms. The minimum atomic E-state index is -0.162. The van der Waals surface area contributed by atoms with Gasteiger partial charge in [0.15, 0.2) is 0 Å². The van der Waals surface area contributed by atoms with Gasteiger partial charge in [-0.05, 0) is 61.5 Å². The predicted molar refractivity (Wildman–Crippen MR) is 113 cm³/mol. The van der Waals surface area contributed by atoms with Crippen molar-refractivity contribution in [2.75, 3.05) is 43.9 Å². The molecule has 1 fully saturated rings. The molecule has 1 aromatic heterocycles. The summed E-state index contributed by atoms with van der Waals surface area (Å²) in [5.74, 6) is -0.162. The second kappa shape index (κ2) is 8.36. The Morgan fingerprint density at radius 3 is 2.70 bits per heavy atom. The molecule has 0 spiro atoms.